The number of nitrogens with one attached hydrogen (secondary N) is 1. The molecular weight excluding hydrogens is 244 g/mol. The molecule has 2 heteroatoms. The first-order valence-corrected chi connectivity index (χ1v) is 6.99. The lowest BCUT2D eigenvalue weighted by Gasteiger charge is -2.11. The Morgan fingerprint density at radius 2 is 1.80 bits per heavy atom. The lowest BCUT2D eigenvalue weighted by molar-refractivity contribution is 1.14. The Hall–Kier alpha value is -2.35. The van der Waals surface area contributed by atoms with Crippen LogP contribution in [0.25, 0.3) is 22.2 Å². The normalized spacial score (nSPS) is 10.7. The van der Waals surface area contributed by atoms with Crippen LogP contribution in [-0.4, -0.2) is 12.0 Å². The number of nitrogens with zero attached hydrogens (tertiary/aromatic N) is 1. The molecule has 0 aliphatic heterocycles. The second-order valence-corrected chi connectivity index (χ2v) is 4.84. The maximum Gasteiger partial charge on any atom is 0.0762 e. The summed E-state index contributed by atoms with van der Waals surface area (Å²) in [6.45, 7) is 2.17. The van der Waals surface area contributed by atoms with Crippen molar-refractivity contribution in [3.05, 3.63) is 60.2 Å². The molecule has 2 aromatic carbocycles. The summed E-state index contributed by atoms with van der Waals surface area (Å²) in [6, 6.07) is 18.8. The number of para-hydroxylation sites is 1. The van der Waals surface area contributed by atoms with E-state index in [9.17, 15) is 0 Å². The van der Waals surface area contributed by atoms with Gasteiger partial charge in [0.1, 0.15) is 0 Å². The van der Waals surface area contributed by atoms with Crippen molar-refractivity contribution >= 4 is 16.6 Å². The summed E-state index contributed by atoms with van der Waals surface area (Å²) in [4.78, 5) is 4.88. The third-order valence-electron chi connectivity index (χ3n) is 3.64. The van der Waals surface area contributed by atoms with E-state index < -0.39 is 0 Å². The molecule has 3 aromatic rings. The van der Waals surface area contributed by atoms with Crippen molar-refractivity contribution < 1.29 is 0 Å². The number of hydrogen-bond acceptors (Lipinski definition) is 2. The van der Waals surface area contributed by atoms with Gasteiger partial charge in [-0.25, -0.2) is 4.98 Å². The Morgan fingerprint density at radius 1 is 1.00 bits per heavy atom. The molecular formula is C18H18N2. The molecule has 0 spiro atoms. The highest BCUT2D eigenvalue weighted by Gasteiger charge is 2.08. The summed E-state index contributed by atoms with van der Waals surface area (Å²) in [5, 5.41) is 4.48. The fourth-order valence-corrected chi connectivity index (χ4v) is 2.56. The van der Waals surface area contributed by atoms with Crippen LogP contribution in [0.15, 0.2) is 54.6 Å². The molecule has 100 valence electrons. The minimum atomic E-state index is 0.992. The predicted molar refractivity (Wildman–Crippen MR) is 86.1 cm³/mol. The number of aromatic nitrogens is 1. The fraction of sp³-hybridized carbons (Fsp3) is 0.167. The number of pyridine rings is 1. The Kier molecular flexibility index (Phi) is 3.38. The molecule has 0 radical (unpaired) electrons. The van der Waals surface area contributed by atoms with Crippen LogP contribution >= 0.6 is 0 Å². The van der Waals surface area contributed by atoms with Crippen LogP contribution in [0.5, 0.6) is 0 Å². The Balaban J connectivity index is 2.30. The summed E-state index contributed by atoms with van der Waals surface area (Å²) in [5.41, 5.74) is 5.68. The van der Waals surface area contributed by atoms with E-state index in [1.54, 1.807) is 0 Å². The molecule has 0 bridgehead atoms. The van der Waals surface area contributed by atoms with Crippen LogP contribution in [0.1, 0.15) is 12.5 Å². The van der Waals surface area contributed by atoms with E-state index in [-0.39, 0.29) is 0 Å². The van der Waals surface area contributed by atoms with Gasteiger partial charge in [-0.3, -0.25) is 0 Å². The van der Waals surface area contributed by atoms with E-state index >= 15 is 0 Å². The van der Waals surface area contributed by atoms with Gasteiger partial charge in [0.2, 0.25) is 0 Å². The van der Waals surface area contributed by atoms with Crippen LogP contribution in [0.3, 0.4) is 0 Å². The summed E-state index contributed by atoms with van der Waals surface area (Å²) < 4.78 is 0. The molecule has 3 rings (SSSR count). The van der Waals surface area contributed by atoms with Crippen LogP contribution in [0.4, 0.5) is 5.69 Å². The van der Waals surface area contributed by atoms with Crippen LogP contribution in [-0.2, 0) is 6.42 Å². The largest absolute Gasteiger partial charge is 0.388 e. The zero-order valence-corrected chi connectivity index (χ0v) is 11.9. The average Bonchev–Trinajstić information content (AvgIpc) is 2.54. The Bertz CT molecular complexity index is 733. The Morgan fingerprint density at radius 3 is 2.50 bits per heavy atom. The van der Waals surface area contributed by atoms with Crippen molar-refractivity contribution in [2.45, 2.75) is 13.3 Å². The van der Waals surface area contributed by atoms with Gasteiger partial charge in [0, 0.05) is 23.7 Å². The zero-order valence-electron chi connectivity index (χ0n) is 11.9. The molecule has 1 N–H and O–H groups in total. The number of hydrogen-bond donors (Lipinski definition) is 1. The molecule has 0 saturated carbocycles. The van der Waals surface area contributed by atoms with Crippen molar-refractivity contribution in [3.8, 4) is 11.3 Å². The van der Waals surface area contributed by atoms with Gasteiger partial charge in [-0.1, -0.05) is 55.5 Å². The van der Waals surface area contributed by atoms with E-state index in [4.69, 9.17) is 4.98 Å². The molecule has 20 heavy (non-hydrogen) atoms. The first-order chi connectivity index (χ1) is 9.83. The highest BCUT2D eigenvalue weighted by molar-refractivity contribution is 5.95. The monoisotopic (exact) mass is 262 g/mol. The average molecular weight is 262 g/mol. The lowest BCUT2D eigenvalue weighted by Crippen LogP contribution is -1.96. The van der Waals surface area contributed by atoms with Gasteiger partial charge in [0.05, 0.1) is 11.2 Å². The number of rotatable bonds is 3. The predicted octanol–water partition coefficient (Wildman–Crippen LogP) is 4.51. The number of anilines is 1. The second kappa shape index (κ2) is 5.33. The number of benzene rings is 2. The van der Waals surface area contributed by atoms with Crippen molar-refractivity contribution in [2.24, 2.45) is 0 Å². The van der Waals surface area contributed by atoms with E-state index in [1.807, 2.05) is 25.2 Å². The summed E-state index contributed by atoms with van der Waals surface area (Å²) in [7, 11) is 1.96. The topological polar surface area (TPSA) is 24.9 Å². The molecule has 0 atom stereocenters. The van der Waals surface area contributed by atoms with Gasteiger partial charge in [-0.15, -0.1) is 0 Å². The first kappa shape index (κ1) is 12.7. The molecule has 0 aliphatic carbocycles. The van der Waals surface area contributed by atoms with Crippen LogP contribution in [0.2, 0.25) is 0 Å². The van der Waals surface area contributed by atoms with Gasteiger partial charge >= 0.3 is 0 Å². The maximum atomic E-state index is 4.88. The standard InChI is InChI=1S/C18H18N2/c1-3-13-10-7-11-15-17(19-2)12-16(20-18(13)15)14-8-5-4-6-9-14/h4-12H,3H2,1-2H3,(H,19,20). The van der Waals surface area contributed by atoms with E-state index in [0.717, 1.165) is 28.9 Å². The minimum absolute atomic E-state index is 0.992. The van der Waals surface area contributed by atoms with Crippen molar-refractivity contribution in [1.82, 2.24) is 4.98 Å². The number of aryl methyl sites for hydroxylation is 1. The van der Waals surface area contributed by atoms with Gasteiger partial charge in [0.15, 0.2) is 0 Å². The lowest BCUT2D eigenvalue weighted by atomic mass is 10.0. The summed E-state index contributed by atoms with van der Waals surface area (Å²) >= 11 is 0. The summed E-state index contributed by atoms with van der Waals surface area (Å²) in [6.07, 6.45) is 0.992. The molecule has 0 aliphatic rings. The molecule has 1 aromatic heterocycles. The van der Waals surface area contributed by atoms with Crippen LogP contribution < -0.4 is 5.32 Å². The van der Waals surface area contributed by atoms with Gasteiger partial charge < -0.3 is 5.32 Å². The Labute approximate surface area is 119 Å². The second-order valence-electron chi connectivity index (χ2n) is 4.84. The third-order valence-corrected chi connectivity index (χ3v) is 3.64. The third kappa shape index (κ3) is 2.14. The molecule has 0 saturated heterocycles. The minimum Gasteiger partial charge on any atom is -0.388 e. The van der Waals surface area contributed by atoms with Crippen molar-refractivity contribution in [1.29, 1.82) is 0 Å². The zero-order chi connectivity index (χ0) is 13.9. The van der Waals surface area contributed by atoms with Crippen LogP contribution in [0, 0.1) is 0 Å². The van der Waals surface area contributed by atoms with Gasteiger partial charge in [0.25, 0.3) is 0 Å². The SMILES string of the molecule is CCc1cccc2c(NC)cc(-c3ccccc3)nc12. The van der Waals surface area contributed by atoms with Gasteiger partial charge in [-0.2, -0.15) is 0 Å². The highest BCUT2D eigenvalue weighted by Crippen LogP contribution is 2.29. The van der Waals surface area contributed by atoms with Crippen molar-refractivity contribution in [2.75, 3.05) is 12.4 Å². The summed E-state index contributed by atoms with van der Waals surface area (Å²) in [5.74, 6) is 0. The van der Waals surface area contributed by atoms with E-state index in [2.05, 4.69) is 48.6 Å². The van der Waals surface area contributed by atoms with E-state index in [0.29, 0.717) is 0 Å². The molecule has 2 nitrogen and oxygen atoms in total. The highest BCUT2D eigenvalue weighted by atomic mass is 14.8. The molecule has 0 unspecified atom stereocenters. The fourth-order valence-electron chi connectivity index (χ4n) is 2.56. The first-order valence-electron chi connectivity index (χ1n) is 6.99. The molecule has 0 fully saturated rings. The number of fused-ring (bicyclic) bond motifs is 1. The molecule has 1 heterocycles. The molecule has 0 amide bonds. The maximum absolute atomic E-state index is 4.88. The quantitative estimate of drug-likeness (QED) is 0.751. The smallest absolute Gasteiger partial charge is 0.0762 e. The van der Waals surface area contributed by atoms with Crippen molar-refractivity contribution in [3.63, 3.8) is 0 Å². The van der Waals surface area contributed by atoms with Gasteiger partial charge in [-0.05, 0) is 18.1 Å². The van der Waals surface area contributed by atoms with E-state index in [1.165, 1.54) is 10.9 Å².